The van der Waals surface area contributed by atoms with Gasteiger partial charge in [-0.2, -0.15) is 0 Å². The number of ether oxygens (including phenoxy) is 1. The minimum Gasteiger partial charge on any atom is -0.479 e. The fourth-order valence-corrected chi connectivity index (χ4v) is 5.76. The second-order valence-corrected chi connectivity index (χ2v) is 9.96. The lowest BCUT2D eigenvalue weighted by molar-refractivity contribution is -0.144. The van der Waals surface area contributed by atoms with Crippen LogP contribution in [0.2, 0.25) is 0 Å². The topological polar surface area (TPSA) is 79.2 Å². The summed E-state index contributed by atoms with van der Waals surface area (Å²) < 4.78 is 5.40. The normalized spacial score (nSPS) is 24.3. The Kier molecular flexibility index (Phi) is 7.55. The van der Waals surface area contributed by atoms with Crippen LogP contribution in [0.3, 0.4) is 0 Å². The summed E-state index contributed by atoms with van der Waals surface area (Å²) in [5.74, 6) is -0.441. The summed E-state index contributed by atoms with van der Waals surface area (Å²) >= 11 is 1.51. The zero-order chi connectivity index (χ0) is 22.5. The van der Waals surface area contributed by atoms with Gasteiger partial charge >= 0.3 is 5.97 Å². The fraction of sp³-hybridized carbons (Fsp3) is 0.560. The van der Waals surface area contributed by atoms with E-state index in [-0.39, 0.29) is 11.9 Å². The second-order valence-electron chi connectivity index (χ2n) is 8.95. The Morgan fingerprint density at radius 2 is 1.72 bits per heavy atom. The summed E-state index contributed by atoms with van der Waals surface area (Å²) in [6, 6.07) is 7.78. The lowest BCUT2D eigenvalue weighted by atomic mass is 9.94. The highest BCUT2D eigenvalue weighted by molar-refractivity contribution is 8.18. The van der Waals surface area contributed by atoms with Gasteiger partial charge in [-0.25, -0.2) is 4.79 Å². The van der Waals surface area contributed by atoms with E-state index < -0.39 is 12.1 Å². The van der Waals surface area contributed by atoms with Crippen molar-refractivity contribution in [3.63, 3.8) is 0 Å². The Bertz CT molecular complexity index is 884. The molecule has 0 aromatic heterocycles. The number of nitrogens with zero attached hydrogens (tertiary/aromatic N) is 2. The molecule has 3 fully saturated rings. The third-order valence-corrected chi connectivity index (χ3v) is 7.48. The van der Waals surface area contributed by atoms with Gasteiger partial charge in [-0.1, -0.05) is 50.7 Å². The Balaban J connectivity index is 1.54. The maximum Gasteiger partial charge on any atom is 0.344 e. The Hall–Kier alpha value is -2.28. The molecule has 7 heteroatoms. The summed E-state index contributed by atoms with van der Waals surface area (Å²) in [4.78, 5) is 32.1. The molecule has 1 aromatic carbocycles. The van der Waals surface area contributed by atoms with Gasteiger partial charge in [0.2, 0.25) is 0 Å². The average Bonchev–Trinajstić information content (AvgIpc) is 3.10. The highest BCUT2D eigenvalue weighted by Gasteiger charge is 2.39. The number of benzene rings is 1. The van der Waals surface area contributed by atoms with Gasteiger partial charge in [-0.05, 0) is 68.1 Å². The van der Waals surface area contributed by atoms with Crippen LogP contribution < -0.4 is 4.74 Å². The third kappa shape index (κ3) is 5.55. The Morgan fingerprint density at radius 3 is 2.34 bits per heavy atom. The highest BCUT2D eigenvalue weighted by Crippen LogP contribution is 2.38. The number of aliphatic carboxylic acids is 1. The van der Waals surface area contributed by atoms with Crippen molar-refractivity contribution in [2.24, 2.45) is 4.99 Å². The maximum absolute atomic E-state index is 13.4. The molecule has 1 amide bonds. The van der Waals surface area contributed by atoms with Crippen molar-refractivity contribution in [2.45, 2.75) is 89.3 Å². The number of amides is 1. The van der Waals surface area contributed by atoms with Crippen molar-refractivity contribution in [1.82, 2.24) is 4.90 Å². The molecular weight excluding hydrogens is 424 g/mol. The molecule has 0 bridgehead atoms. The van der Waals surface area contributed by atoms with Crippen LogP contribution in [0.5, 0.6) is 5.75 Å². The smallest absolute Gasteiger partial charge is 0.344 e. The van der Waals surface area contributed by atoms with Gasteiger partial charge in [0, 0.05) is 6.04 Å². The Labute approximate surface area is 194 Å². The zero-order valence-electron chi connectivity index (χ0n) is 18.7. The van der Waals surface area contributed by atoms with Crippen molar-refractivity contribution in [3.8, 4) is 5.75 Å². The standard InChI is InChI=1S/C25H32N2O4S/c1-17(24(29)30)31-21-14-12-18(13-15-21)16-22-23(28)27(20-10-6-3-7-11-20)25(32-22)26-19-8-4-2-5-9-19/h12-17,19-20H,2-11H2,1H3,(H,29,30)/b22-16-,26-25?/t17-/m0/s1. The predicted octanol–water partition coefficient (Wildman–Crippen LogP) is 5.48. The van der Waals surface area contributed by atoms with E-state index in [1.54, 1.807) is 12.1 Å². The molecule has 32 heavy (non-hydrogen) atoms. The molecule has 1 heterocycles. The summed E-state index contributed by atoms with van der Waals surface area (Å²) in [7, 11) is 0. The van der Waals surface area contributed by atoms with E-state index in [1.165, 1.54) is 57.2 Å². The van der Waals surface area contributed by atoms with E-state index >= 15 is 0 Å². The molecular formula is C25H32N2O4S. The molecule has 1 aliphatic heterocycles. The number of aliphatic imine (C=N–C) groups is 1. The van der Waals surface area contributed by atoms with Gasteiger partial charge in [-0.3, -0.25) is 14.7 Å². The van der Waals surface area contributed by atoms with Gasteiger partial charge in [0.05, 0.1) is 10.9 Å². The van der Waals surface area contributed by atoms with Gasteiger partial charge in [0.15, 0.2) is 11.3 Å². The van der Waals surface area contributed by atoms with Crippen molar-refractivity contribution >= 4 is 34.9 Å². The van der Waals surface area contributed by atoms with Crippen LogP contribution in [0, 0.1) is 0 Å². The molecule has 0 radical (unpaired) electrons. The van der Waals surface area contributed by atoms with Crippen LogP contribution in [0.4, 0.5) is 0 Å². The number of hydrogen-bond donors (Lipinski definition) is 1. The average molecular weight is 457 g/mol. The number of carbonyl (C=O) groups is 2. The summed E-state index contributed by atoms with van der Waals surface area (Å²) in [5, 5.41) is 9.89. The molecule has 0 unspecified atom stereocenters. The van der Waals surface area contributed by atoms with E-state index in [4.69, 9.17) is 14.8 Å². The van der Waals surface area contributed by atoms with Gasteiger partial charge in [0.1, 0.15) is 5.75 Å². The monoisotopic (exact) mass is 456 g/mol. The van der Waals surface area contributed by atoms with Crippen LogP contribution in [-0.2, 0) is 9.59 Å². The number of carboxylic acids is 1. The minimum atomic E-state index is -1.00. The first-order valence-electron chi connectivity index (χ1n) is 11.8. The van der Waals surface area contributed by atoms with E-state index in [2.05, 4.69) is 0 Å². The molecule has 6 nitrogen and oxygen atoms in total. The zero-order valence-corrected chi connectivity index (χ0v) is 19.5. The predicted molar refractivity (Wildman–Crippen MR) is 128 cm³/mol. The SMILES string of the molecule is C[C@H](Oc1ccc(/C=C2\SC(=NC3CCCCC3)N(C3CCCCC3)C2=O)cc1)C(=O)O. The highest BCUT2D eigenvalue weighted by atomic mass is 32.2. The Morgan fingerprint density at radius 1 is 1.09 bits per heavy atom. The van der Waals surface area contributed by atoms with Crippen molar-refractivity contribution in [1.29, 1.82) is 0 Å². The summed E-state index contributed by atoms with van der Waals surface area (Å²) in [6.45, 7) is 1.50. The number of amidine groups is 1. The maximum atomic E-state index is 13.4. The molecule has 1 atom stereocenters. The van der Waals surface area contributed by atoms with Crippen LogP contribution in [0.1, 0.15) is 76.7 Å². The number of hydrogen-bond acceptors (Lipinski definition) is 5. The van der Waals surface area contributed by atoms with E-state index in [1.807, 2.05) is 23.1 Å². The van der Waals surface area contributed by atoms with E-state index in [0.717, 1.165) is 36.4 Å². The second kappa shape index (κ2) is 10.6. The quantitative estimate of drug-likeness (QED) is 0.574. The van der Waals surface area contributed by atoms with Gasteiger partial charge in [-0.15, -0.1) is 0 Å². The van der Waals surface area contributed by atoms with Crippen molar-refractivity contribution < 1.29 is 19.4 Å². The molecule has 2 aliphatic carbocycles. The molecule has 0 spiro atoms. The lowest BCUT2D eigenvalue weighted by Crippen LogP contribution is -2.41. The molecule has 2 saturated carbocycles. The molecule has 1 N–H and O–H groups in total. The first kappa shape index (κ1) is 22.9. The molecule has 172 valence electrons. The molecule has 1 aromatic rings. The van der Waals surface area contributed by atoms with Gasteiger partial charge in [0.25, 0.3) is 5.91 Å². The fourth-order valence-electron chi connectivity index (χ4n) is 4.65. The molecule has 1 saturated heterocycles. The first-order chi connectivity index (χ1) is 15.5. The lowest BCUT2D eigenvalue weighted by Gasteiger charge is -2.31. The molecule has 4 rings (SSSR count). The van der Waals surface area contributed by atoms with Crippen LogP contribution in [0.15, 0.2) is 34.2 Å². The van der Waals surface area contributed by atoms with E-state index in [0.29, 0.717) is 16.7 Å². The third-order valence-electron chi connectivity index (χ3n) is 6.48. The largest absolute Gasteiger partial charge is 0.479 e. The summed E-state index contributed by atoms with van der Waals surface area (Å²) in [6.07, 6.45) is 12.7. The number of carbonyl (C=O) groups excluding carboxylic acids is 1. The minimum absolute atomic E-state index is 0.0660. The van der Waals surface area contributed by atoms with Crippen LogP contribution in [0.25, 0.3) is 6.08 Å². The number of rotatable bonds is 6. The van der Waals surface area contributed by atoms with Crippen molar-refractivity contribution in [2.75, 3.05) is 0 Å². The van der Waals surface area contributed by atoms with E-state index in [9.17, 15) is 9.59 Å². The number of thioether (sulfide) groups is 1. The molecule has 3 aliphatic rings. The van der Waals surface area contributed by atoms with Crippen molar-refractivity contribution in [3.05, 3.63) is 34.7 Å². The number of carboxylic acid groups (broad SMARTS) is 1. The first-order valence-corrected chi connectivity index (χ1v) is 12.6. The van der Waals surface area contributed by atoms with Gasteiger partial charge < -0.3 is 9.84 Å². The van der Waals surface area contributed by atoms with Crippen LogP contribution >= 0.6 is 11.8 Å². The van der Waals surface area contributed by atoms with Crippen LogP contribution in [-0.4, -0.2) is 45.2 Å². The summed E-state index contributed by atoms with van der Waals surface area (Å²) in [5.41, 5.74) is 0.888.